The molecule has 10 nitrogen and oxygen atoms in total. The largest absolute Gasteiger partial charge is 0.393 e. The van der Waals surface area contributed by atoms with Crippen molar-refractivity contribution in [3.05, 3.63) is 0 Å². The van der Waals surface area contributed by atoms with Gasteiger partial charge in [-0.2, -0.15) is 13.2 Å². The van der Waals surface area contributed by atoms with Crippen LogP contribution in [0.2, 0.25) is 0 Å². The van der Waals surface area contributed by atoms with E-state index >= 15 is 0 Å². The van der Waals surface area contributed by atoms with Crippen molar-refractivity contribution in [2.24, 2.45) is 17.8 Å². The summed E-state index contributed by atoms with van der Waals surface area (Å²) in [5, 5.41) is 5.22. The molecule has 1 aliphatic carbocycles. The van der Waals surface area contributed by atoms with E-state index in [0.29, 0.717) is 16.3 Å². The Hall–Kier alpha value is -2.71. The van der Waals surface area contributed by atoms with Crippen LogP contribution in [0.3, 0.4) is 0 Å². The summed E-state index contributed by atoms with van der Waals surface area (Å²) in [4.78, 5) is 63.9. The van der Waals surface area contributed by atoms with E-state index in [0.717, 1.165) is 0 Å². The van der Waals surface area contributed by atoms with Crippen molar-refractivity contribution >= 4 is 41.1 Å². The molecule has 0 aromatic carbocycles. The molecule has 3 unspecified atom stereocenters. The molecule has 1 saturated carbocycles. The van der Waals surface area contributed by atoms with Gasteiger partial charge in [-0.1, -0.05) is 31.9 Å². The van der Waals surface area contributed by atoms with Gasteiger partial charge >= 0.3 is 6.18 Å². The average Bonchev–Trinajstić information content (AvgIpc) is 3.26. The number of nitrogens with one attached hydrogen (secondary N) is 3. The maximum absolute atomic E-state index is 14.3. The van der Waals surface area contributed by atoms with Gasteiger partial charge in [-0.25, -0.2) is 13.8 Å². The highest BCUT2D eigenvalue weighted by Gasteiger charge is 2.55. The van der Waals surface area contributed by atoms with E-state index in [1.165, 1.54) is 0 Å². The number of hydrogen-bond donors (Lipinski definition) is 3. The summed E-state index contributed by atoms with van der Waals surface area (Å²) < 4.78 is 69.0. The fourth-order valence-corrected chi connectivity index (χ4v) is 4.71. The fraction of sp³-hybridized carbons (Fsp3) is 0.783. The maximum atomic E-state index is 14.3. The van der Waals surface area contributed by atoms with E-state index in [4.69, 9.17) is 11.6 Å². The molecule has 2 saturated heterocycles. The minimum absolute atomic E-state index is 0.0514. The second kappa shape index (κ2) is 11.8. The van der Waals surface area contributed by atoms with Crippen molar-refractivity contribution < 1.29 is 45.9 Å². The first-order chi connectivity index (χ1) is 18.1. The molecule has 39 heavy (non-hydrogen) atoms. The van der Waals surface area contributed by atoms with E-state index < -0.39 is 96.4 Å². The molecule has 3 N–H and O–H groups in total. The Morgan fingerprint density at radius 3 is 2.38 bits per heavy atom. The summed E-state index contributed by atoms with van der Waals surface area (Å²) in [6.45, 7) is 2.04. The van der Waals surface area contributed by atoms with Crippen LogP contribution in [-0.4, -0.2) is 88.6 Å². The van der Waals surface area contributed by atoms with Gasteiger partial charge in [0.25, 0.3) is 23.4 Å². The molecule has 2 heterocycles. The van der Waals surface area contributed by atoms with Crippen LogP contribution < -0.4 is 16.1 Å². The Balaban J connectivity index is 1.85. The molecular formula is C23H31ClF5N5O5. The Morgan fingerprint density at radius 2 is 1.90 bits per heavy atom. The number of likely N-dealkylation sites (tertiary alicyclic amines) is 1. The molecule has 3 aliphatic rings. The Labute approximate surface area is 226 Å². The van der Waals surface area contributed by atoms with E-state index in [1.807, 2.05) is 5.43 Å². The number of halogens is 6. The number of carbonyl (C=O) groups excluding carboxylic acids is 5. The molecule has 220 valence electrons. The van der Waals surface area contributed by atoms with Crippen LogP contribution in [0.5, 0.6) is 0 Å². The standard InChI is InChI=1S/C23H31ClF5N5O5/c1-3-11(2)15(31-21(39)22(26)5-6-22)19(37)33-10-13(23(27,28)29)8-14(33)18(36)32-34(20(38)16(24)25)9-12-4-7-30-17(12)35/h11-16H,3-10H2,1-2H3,(H,30,35)(H,31,39)(H,32,36)/t11?,12-,13+,14-,15?,16?/m0/s1. The summed E-state index contributed by atoms with van der Waals surface area (Å²) in [6.07, 6.45) is -5.23. The number of rotatable bonds is 9. The lowest BCUT2D eigenvalue weighted by atomic mass is 9.97. The SMILES string of the molecule is CCC(C)C(NC(=O)C1(F)CC1)C(=O)N1C[C@H](C(F)(F)F)C[C@H]1C(=O)NN(C[C@@H]1CCNC1=O)C(=O)C(F)Cl. The Bertz CT molecular complexity index is 995. The first-order valence-corrected chi connectivity index (χ1v) is 13.1. The highest BCUT2D eigenvalue weighted by Crippen LogP contribution is 2.41. The van der Waals surface area contributed by atoms with E-state index in [2.05, 4.69) is 10.6 Å². The van der Waals surface area contributed by atoms with Crippen molar-refractivity contribution in [2.75, 3.05) is 19.6 Å². The van der Waals surface area contributed by atoms with Crippen molar-refractivity contribution in [2.45, 2.75) is 75.5 Å². The second-order valence-corrected chi connectivity index (χ2v) is 10.7. The third-order valence-electron chi connectivity index (χ3n) is 7.47. The monoisotopic (exact) mass is 587 g/mol. The van der Waals surface area contributed by atoms with Crippen LogP contribution in [0.1, 0.15) is 46.0 Å². The fourth-order valence-electron chi connectivity index (χ4n) is 4.59. The van der Waals surface area contributed by atoms with Crippen LogP contribution >= 0.6 is 11.6 Å². The highest BCUT2D eigenvalue weighted by atomic mass is 35.5. The third-order valence-corrected chi connectivity index (χ3v) is 7.66. The first-order valence-electron chi connectivity index (χ1n) is 12.6. The minimum Gasteiger partial charge on any atom is -0.356 e. The third kappa shape index (κ3) is 7.09. The molecule has 0 spiro atoms. The lowest BCUT2D eigenvalue weighted by Crippen LogP contribution is -2.59. The van der Waals surface area contributed by atoms with Crippen LogP contribution in [0, 0.1) is 17.8 Å². The van der Waals surface area contributed by atoms with Gasteiger partial charge in [-0.05, 0) is 31.6 Å². The van der Waals surface area contributed by atoms with Crippen molar-refractivity contribution in [3.63, 3.8) is 0 Å². The van der Waals surface area contributed by atoms with Crippen molar-refractivity contribution in [1.82, 2.24) is 26.0 Å². The molecular weight excluding hydrogens is 557 g/mol. The van der Waals surface area contributed by atoms with Crippen LogP contribution in [0.4, 0.5) is 22.0 Å². The molecule has 2 aliphatic heterocycles. The summed E-state index contributed by atoms with van der Waals surface area (Å²) >= 11 is 5.24. The van der Waals surface area contributed by atoms with Gasteiger partial charge in [0.2, 0.25) is 11.8 Å². The van der Waals surface area contributed by atoms with E-state index in [1.54, 1.807) is 13.8 Å². The lowest BCUT2D eigenvalue weighted by molar-refractivity contribution is -0.171. The zero-order valence-electron chi connectivity index (χ0n) is 21.3. The Kier molecular flexibility index (Phi) is 9.33. The number of nitrogens with zero attached hydrogens (tertiary/aromatic N) is 2. The van der Waals surface area contributed by atoms with Gasteiger partial charge in [-0.3, -0.25) is 29.4 Å². The van der Waals surface area contributed by atoms with Gasteiger partial charge in [0, 0.05) is 13.1 Å². The van der Waals surface area contributed by atoms with Crippen LogP contribution in [-0.2, 0) is 24.0 Å². The normalized spacial score (nSPS) is 26.3. The summed E-state index contributed by atoms with van der Waals surface area (Å²) in [5.74, 6) is -8.83. The zero-order valence-corrected chi connectivity index (χ0v) is 22.1. The van der Waals surface area contributed by atoms with Crippen molar-refractivity contribution in [1.29, 1.82) is 0 Å². The molecule has 3 rings (SSSR count). The molecule has 0 radical (unpaired) electrons. The van der Waals surface area contributed by atoms with Gasteiger partial charge in [0.1, 0.15) is 12.1 Å². The molecule has 5 amide bonds. The maximum Gasteiger partial charge on any atom is 0.393 e. The average molecular weight is 588 g/mol. The number of amides is 5. The lowest BCUT2D eigenvalue weighted by Gasteiger charge is -2.33. The molecule has 6 atom stereocenters. The Morgan fingerprint density at radius 1 is 1.26 bits per heavy atom. The smallest absolute Gasteiger partial charge is 0.356 e. The van der Waals surface area contributed by atoms with Gasteiger partial charge < -0.3 is 15.5 Å². The van der Waals surface area contributed by atoms with Crippen LogP contribution in [0.25, 0.3) is 0 Å². The zero-order chi connectivity index (χ0) is 29.3. The van der Waals surface area contributed by atoms with E-state index in [-0.39, 0.29) is 25.8 Å². The van der Waals surface area contributed by atoms with E-state index in [9.17, 15) is 45.9 Å². The first kappa shape index (κ1) is 30.8. The molecule has 3 fully saturated rings. The topological polar surface area (TPSA) is 128 Å². The number of hydrazine groups is 1. The summed E-state index contributed by atoms with van der Waals surface area (Å²) in [6, 6.07) is -3.19. The predicted octanol–water partition coefficient (Wildman–Crippen LogP) is 1.33. The number of alkyl halides is 6. The summed E-state index contributed by atoms with van der Waals surface area (Å²) in [5.41, 5.74) is -2.74. The van der Waals surface area contributed by atoms with Crippen molar-refractivity contribution in [3.8, 4) is 0 Å². The molecule has 0 aromatic rings. The quantitative estimate of drug-likeness (QED) is 0.213. The molecule has 0 bridgehead atoms. The van der Waals surface area contributed by atoms with Gasteiger partial charge in [-0.15, -0.1) is 0 Å². The molecule has 0 aromatic heterocycles. The van der Waals surface area contributed by atoms with Gasteiger partial charge in [0.15, 0.2) is 5.67 Å². The van der Waals surface area contributed by atoms with Crippen LogP contribution in [0.15, 0.2) is 0 Å². The van der Waals surface area contributed by atoms with Gasteiger partial charge in [0.05, 0.1) is 18.4 Å². The number of carbonyl (C=O) groups is 5. The predicted molar refractivity (Wildman–Crippen MR) is 126 cm³/mol. The molecule has 16 heteroatoms. The highest BCUT2D eigenvalue weighted by molar-refractivity contribution is 6.29. The minimum atomic E-state index is -4.79. The second-order valence-electron chi connectivity index (χ2n) is 10.3. The summed E-state index contributed by atoms with van der Waals surface area (Å²) in [7, 11) is 0. The number of hydrogen-bond acceptors (Lipinski definition) is 5.